The lowest BCUT2D eigenvalue weighted by molar-refractivity contribution is 0.0738. The summed E-state index contributed by atoms with van der Waals surface area (Å²) >= 11 is 1.87. The van der Waals surface area contributed by atoms with E-state index in [1.807, 2.05) is 36.7 Å². The maximum Gasteiger partial charge on any atom is 0.254 e. The lowest BCUT2D eigenvalue weighted by atomic mass is 10.1. The first-order valence-electron chi connectivity index (χ1n) is 7.17. The highest BCUT2D eigenvalue weighted by Crippen LogP contribution is 2.32. The molecule has 20 heavy (non-hydrogen) atoms. The molecule has 1 aliphatic rings. The maximum absolute atomic E-state index is 12.6. The summed E-state index contributed by atoms with van der Waals surface area (Å²) in [5.74, 6) is 0.858. The average Bonchev–Trinajstić information content (AvgIpc) is 2.95. The van der Waals surface area contributed by atoms with E-state index in [0.29, 0.717) is 16.9 Å². The second kappa shape index (κ2) is 6.97. The number of pyridine rings is 1. The molecule has 1 amide bonds. The van der Waals surface area contributed by atoms with Crippen molar-refractivity contribution in [3.63, 3.8) is 0 Å². The summed E-state index contributed by atoms with van der Waals surface area (Å²) in [5.41, 5.74) is 0.713. The normalized spacial score (nSPS) is 21.8. The van der Waals surface area contributed by atoms with E-state index >= 15 is 0 Å². The van der Waals surface area contributed by atoms with E-state index in [0.717, 1.165) is 18.8 Å². The molecule has 1 aromatic rings. The van der Waals surface area contributed by atoms with Crippen LogP contribution in [-0.4, -0.2) is 46.9 Å². The van der Waals surface area contributed by atoms with Gasteiger partial charge in [0.05, 0.1) is 0 Å². The number of hydrogen-bond donors (Lipinski definition) is 1. The third kappa shape index (κ3) is 3.26. The Morgan fingerprint density at radius 1 is 1.55 bits per heavy atom. The van der Waals surface area contributed by atoms with Crippen LogP contribution in [0.2, 0.25) is 0 Å². The number of nitrogens with zero attached hydrogens (tertiary/aromatic N) is 2. The SMILES string of the molecule is CCNc1cc(C(=O)N(C)[C@@H]2CCC[C@@H]2SC)ccn1. The topological polar surface area (TPSA) is 45.2 Å². The Morgan fingerprint density at radius 3 is 3.05 bits per heavy atom. The van der Waals surface area contributed by atoms with Crippen LogP contribution < -0.4 is 5.32 Å². The van der Waals surface area contributed by atoms with Crippen LogP contribution in [0.5, 0.6) is 0 Å². The molecular weight excluding hydrogens is 270 g/mol. The van der Waals surface area contributed by atoms with Gasteiger partial charge in [0.2, 0.25) is 0 Å². The van der Waals surface area contributed by atoms with Gasteiger partial charge in [-0.15, -0.1) is 0 Å². The Labute approximate surface area is 125 Å². The molecule has 0 bridgehead atoms. The van der Waals surface area contributed by atoms with Crippen molar-refractivity contribution in [1.82, 2.24) is 9.88 Å². The summed E-state index contributed by atoms with van der Waals surface area (Å²) in [6.45, 7) is 2.82. The molecule has 110 valence electrons. The van der Waals surface area contributed by atoms with E-state index in [9.17, 15) is 4.79 Å². The number of amides is 1. The van der Waals surface area contributed by atoms with Gasteiger partial charge >= 0.3 is 0 Å². The average molecular weight is 293 g/mol. The molecule has 0 aliphatic heterocycles. The second-order valence-corrected chi connectivity index (χ2v) is 6.23. The standard InChI is InChI=1S/C15H23N3OS/c1-4-16-14-10-11(8-9-17-14)15(19)18(2)12-6-5-7-13(12)20-3/h8-10,12-13H,4-7H2,1-3H3,(H,16,17)/t12-,13+/m1/s1. The van der Waals surface area contributed by atoms with Crippen LogP contribution in [0.15, 0.2) is 18.3 Å². The monoisotopic (exact) mass is 293 g/mol. The number of hydrogen-bond acceptors (Lipinski definition) is 4. The number of carbonyl (C=O) groups is 1. The first-order valence-corrected chi connectivity index (χ1v) is 8.46. The summed E-state index contributed by atoms with van der Waals surface area (Å²) in [5, 5.41) is 3.71. The van der Waals surface area contributed by atoms with Gasteiger partial charge in [-0.05, 0) is 38.2 Å². The van der Waals surface area contributed by atoms with E-state index in [1.165, 1.54) is 12.8 Å². The molecule has 0 radical (unpaired) electrons. The number of rotatable bonds is 5. The van der Waals surface area contributed by atoms with Gasteiger partial charge in [0.1, 0.15) is 5.82 Å². The fourth-order valence-electron chi connectivity index (χ4n) is 2.82. The Hall–Kier alpha value is -1.23. The minimum atomic E-state index is 0.0949. The molecule has 4 nitrogen and oxygen atoms in total. The van der Waals surface area contributed by atoms with Crippen molar-refractivity contribution in [2.24, 2.45) is 0 Å². The van der Waals surface area contributed by atoms with Crippen molar-refractivity contribution in [2.75, 3.05) is 25.2 Å². The first kappa shape index (κ1) is 15.2. The van der Waals surface area contributed by atoms with Crippen molar-refractivity contribution in [3.05, 3.63) is 23.9 Å². The molecule has 0 saturated heterocycles. The summed E-state index contributed by atoms with van der Waals surface area (Å²) in [4.78, 5) is 18.7. The number of carbonyl (C=O) groups excluding carboxylic acids is 1. The number of thioether (sulfide) groups is 1. The van der Waals surface area contributed by atoms with Gasteiger partial charge in [0, 0.05) is 36.6 Å². The fraction of sp³-hybridized carbons (Fsp3) is 0.600. The van der Waals surface area contributed by atoms with E-state index < -0.39 is 0 Å². The predicted octanol–water partition coefficient (Wildman–Crippen LogP) is 2.87. The molecule has 0 unspecified atom stereocenters. The zero-order chi connectivity index (χ0) is 14.5. The third-order valence-electron chi connectivity index (χ3n) is 3.90. The van der Waals surface area contributed by atoms with Crippen molar-refractivity contribution < 1.29 is 4.79 Å². The summed E-state index contributed by atoms with van der Waals surface area (Å²) in [7, 11) is 1.93. The molecule has 5 heteroatoms. The van der Waals surface area contributed by atoms with Crippen LogP contribution in [0.4, 0.5) is 5.82 Å². The first-order chi connectivity index (χ1) is 9.67. The minimum absolute atomic E-state index is 0.0949. The van der Waals surface area contributed by atoms with Crippen LogP contribution in [0.3, 0.4) is 0 Å². The second-order valence-electron chi connectivity index (χ2n) is 5.15. The maximum atomic E-state index is 12.6. The summed E-state index contributed by atoms with van der Waals surface area (Å²) in [6.07, 6.45) is 7.37. The van der Waals surface area contributed by atoms with Crippen molar-refractivity contribution >= 4 is 23.5 Å². The van der Waals surface area contributed by atoms with Gasteiger partial charge < -0.3 is 10.2 Å². The molecule has 1 N–H and O–H groups in total. The number of anilines is 1. The number of nitrogens with one attached hydrogen (secondary N) is 1. The summed E-state index contributed by atoms with van der Waals surface area (Å²) < 4.78 is 0. The largest absolute Gasteiger partial charge is 0.370 e. The highest BCUT2D eigenvalue weighted by Gasteiger charge is 2.32. The molecule has 1 aromatic heterocycles. The van der Waals surface area contributed by atoms with E-state index in [4.69, 9.17) is 0 Å². The highest BCUT2D eigenvalue weighted by molar-refractivity contribution is 7.99. The quantitative estimate of drug-likeness (QED) is 0.906. The molecule has 2 rings (SSSR count). The molecule has 0 aromatic carbocycles. The van der Waals surface area contributed by atoms with Crippen LogP contribution in [0, 0.1) is 0 Å². The van der Waals surface area contributed by atoms with Crippen LogP contribution in [-0.2, 0) is 0 Å². The van der Waals surface area contributed by atoms with Gasteiger partial charge in [-0.2, -0.15) is 11.8 Å². The zero-order valence-corrected chi connectivity index (χ0v) is 13.2. The molecule has 1 saturated carbocycles. The lowest BCUT2D eigenvalue weighted by Gasteiger charge is -2.29. The molecule has 1 fully saturated rings. The van der Waals surface area contributed by atoms with Crippen molar-refractivity contribution in [3.8, 4) is 0 Å². The predicted molar refractivity (Wildman–Crippen MR) is 85.4 cm³/mol. The highest BCUT2D eigenvalue weighted by atomic mass is 32.2. The fourth-order valence-corrected chi connectivity index (χ4v) is 3.86. The van der Waals surface area contributed by atoms with E-state index in [1.54, 1.807) is 12.3 Å². The lowest BCUT2D eigenvalue weighted by Crippen LogP contribution is -2.40. The minimum Gasteiger partial charge on any atom is -0.370 e. The smallest absolute Gasteiger partial charge is 0.254 e. The van der Waals surface area contributed by atoms with Crippen LogP contribution in [0.25, 0.3) is 0 Å². The Morgan fingerprint density at radius 2 is 2.35 bits per heavy atom. The Bertz CT molecular complexity index is 466. The van der Waals surface area contributed by atoms with Gasteiger partial charge in [-0.3, -0.25) is 4.79 Å². The molecule has 0 spiro atoms. The Kier molecular flexibility index (Phi) is 5.29. The van der Waals surface area contributed by atoms with E-state index in [-0.39, 0.29) is 5.91 Å². The zero-order valence-electron chi connectivity index (χ0n) is 12.4. The van der Waals surface area contributed by atoms with Crippen LogP contribution >= 0.6 is 11.8 Å². The molecule has 1 heterocycles. The number of aromatic nitrogens is 1. The van der Waals surface area contributed by atoms with Gasteiger partial charge in [-0.25, -0.2) is 4.98 Å². The molecule has 2 atom stereocenters. The van der Waals surface area contributed by atoms with Gasteiger partial charge in [0.25, 0.3) is 5.91 Å². The van der Waals surface area contributed by atoms with Crippen molar-refractivity contribution in [1.29, 1.82) is 0 Å². The molecular formula is C15H23N3OS. The van der Waals surface area contributed by atoms with E-state index in [2.05, 4.69) is 16.6 Å². The third-order valence-corrected chi connectivity index (χ3v) is 5.06. The van der Waals surface area contributed by atoms with Crippen LogP contribution in [0.1, 0.15) is 36.5 Å². The van der Waals surface area contributed by atoms with Gasteiger partial charge in [-0.1, -0.05) is 6.42 Å². The molecule has 1 aliphatic carbocycles. The summed E-state index contributed by atoms with van der Waals surface area (Å²) in [6, 6.07) is 3.99. The van der Waals surface area contributed by atoms with Gasteiger partial charge in [0.15, 0.2) is 0 Å². The Balaban J connectivity index is 2.11. The van der Waals surface area contributed by atoms with Crippen molar-refractivity contribution in [2.45, 2.75) is 37.5 Å².